The van der Waals surface area contributed by atoms with E-state index >= 15 is 0 Å². The molecule has 1 heterocycles. The topological polar surface area (TPSA) is 85.3 Å². The molecule has 7 heteroatoms. The minimum absolute atomic E-state index is 0.0790. The molecule has 0 atom stereocenters. The molecule has 0 spiro atoms. The van der Waals surface area contributed by atoms with Crippen LogP contribution in [0.1, 0.15) is 30.3 Å². The number of imidazole rings is 1. The maximum Gasteiger partial charge on any atom is 0.276 e. The molecule has 7 nitrogen and oxygen atoms in total. The Balaban J connectivity index is 1.29. The fourth-order valence-electron chi connectivity index (χ4n) is 3.72. The highest BCUT2D eigenvalue weighted by atomic mass is 16.5. The summed E-state index contributed by atoms with van der Waals surface area (Å²) in [5.74, 6) is 0.760. The van der Waals surface area contributed by atoms with Gasteiger partial charge in [-0.1, -0.05) is 25.1 Å². The van der Waals surface area contributed by atoms with Crippen LogP contribution in [0.4, 0.5) is 0 Å². The van der Waals surface area contributed by atoms with Crippen LogP contribution < -0.4 is 15.6 Å². The molecule has 2 N–H and O–H groups in total. The second-order valence-corrected chi connectivity index (χ2v) is 7.13. The predicted octanol–water partition coefficient (Wildman–Crippen LogP) is 2.31. The molecule has 2 amide bonds. The molecule has 0 bridgehead atoms. The number of hydrogen-bond acceptors (Lipinski definition) is 4. The van der Waals surface area contributed by atoms with Crippen LogP contribution in [0.2, 0.25) is 0 Å². The largest absolute Gasteiger partial charge is 0.484 e. The number of nitrogens with zero attached hydrogens (tertiary/aromatic N) is 2. The van der Waals surface area contributed by atoms with Gasteiger partial charge in [0.15, 0.2) is 6.61 Å². The minimum Gasteiger partial charge on any atom is -0.484 e. The summed E-state index contributed by atoms with van der Waals surface area (Å²) in [6.45, 7) is 1.91. The summed E-state index contributed by atoms with van der Waals surface area (Å²) in [7, 11) is 0. The number of nitrogens with one attached hydrogen (secondary N) is 2. The van der Waals surface area contributed by atoms with Crippen LogP contribution in [0.25, 0.3) is 11.0 Å². The summed E-state index contributed by atoms with van der Waals surface area (Å²) in [5, 5.41) is 0. The Hall–Kier alpha value is -3.35. The summed E-state index contributed by atoms with van der Waals surface area (Å²) >= 11 is 0. The molecule has 29 heavy (non-hydrogen) atoms. The van der Waals surface area contributed by atoms with Crippen LogP contribution in [-0.2, 0) is 35.4 Å². The number of fused-ring (bicyclic) bond motifs is 2. The van der Waals surface area contributed by atoms with Crippen molar-refractivity contribution < 1.29 is 14.3 Å². The number of aromatic nitrogens is 2. The second kappa shape index (κ2) is 8.34. The number of para-hydroxylation sites is 2. The summed E-state index contributed by atoms with van der Waals surface area (Å²) in [4.78, 5) is 28.9. The van der Waals surface area contributed by atoms with E-state index in [0.717, 1.165) is 36.1 Å². The normalized spacial score (nSPS) is 12.6. The summed E-state index contributed by atoms with van der Waals surface area (Å²) in [6, 6.07) is 13.6. The molecule has 0 saturated heterocycles. The van der Waals surface area contributed by atoms with Gasteiger partial charge in [0.25, 0.3) is 11.8 Å². The summed E-state index contributed by atoms with van der Waals surface area (Å²) < 4.78 is 7.41. The van der Waals surface area contributed by atoms with Crippen molar-refractivity contribution in [1.82, 2.24) is 20.4 Å². The number of benzene rings is 2. The lowest BCUT2D eigenvalue weighted by Crippen LogP contribution is -2.45. The monoisotopic (exact) mass is 392 g/mol. The number of hydrazine groups is 1. The van der Waals surface area contributed by atoms with Crippen molar-refractivity contribution in [2.45, 2.75) is 39.2 Å². The molecule has 4 rings (SSSR count). The first kappa shape index (κ1) is 19.0. The van der Waals surface area contributed by atoms with Gasteiger partial charge in [0.1, 0.15) is 18.1 Å². The molecule has 1 aliphatic carbocycles. The number of carbonyl (C=O) groups is 2. The van der Waals surface area contributed by atoms with E-state index in [2.05, 4.69) is 21.9 Å². The first-order chi connectivity index (χ1) is 14.1. The van der Waals surface area contributed by atoms with E-state index in [0.29, 0.717) is 12.2 Å². The van der Waals surface area contributed by atoms with E-state index in [9.17, 15) is 9.59 Å². The summed E-state index contributed by atoms with van der Waals surface area (Å²) in [5.41, 5.74) is 9.24. The Labute approximate surface area is 169 Å². The molecule has 2 aromatic carbocycles. The zero-order valence-electron chi connectivity index (χ0n) is 16.4. The lowest BCUT2D eigenvalue weighted by molar-refractivity contribution is -0.130. The Morgan fingerprint density at radius 2 is 1.86 bits per heavy atom. The van der Waals surface area contributed by atoms with Gasteiger partial charge in [0.2, 0.25) is 0 Å². The Morgan fingerprint density at radius 1 is 1.07 bits per heavy atom. The molecule has 3 aromatic rings. The van der Waals surface area contributed by atoms with Crippen molar-refractivity contribution in [2.75, 3.05) is 6.61 Å². The molecule has 0 unspecified atom stereocenters. The van der Waals surface area contributed by atoms with Crippen LogP contribution >= 0.6 is 0 Å². The van der Waals surface area contributed by atoms with E-state index in [1.165, 1.54) is 11.1 Å². The third kappa shape index (κ3) is 4.23. The van der Waals surface area contributed by atoms with E-state index in [1.54, 1.807) is 0 Å². The first-order valence-corrected chi connectivity index (χ1v) is 9.90. The van der Waals surface area contributed by atoms with E-state index in [-0.39, 0.29) is 19.1 Å². The minimum atomic E-state index is -0.412. The van der Waals surface area contributed by atoms with Gasteiger partial charge < -0.3 is 9.30 Å². The highest BCUT2D eigenvalue weighted by Gasteiger charge is 2.14. The number of aryl methyl sites for hydroxylation is 3. The van der Waals surface area contributed by atoms with E-state index in [1.807, 2.05) is 47.9 Å². The lowest BCUT2D eigenvalue weighted by Gasteiger charge is -2.11. The van der Waals surface area contributed by atoms with Crippen LogP contribution in [0.5, 0.6) is 5.75 Å². The zero-order valence-corrected chi connectivity index (χ0v) is 16.4. The second-order valence-electron chi connectivity index (χ2n) is 7.13. The van der Waals surface area contributed by atoms with Crippen molar-refractivity contribution >= 4 is 22.8 Å². The van der Waals surface area contributed by atoms with Crippen LogP contribution in [0, 0.1) is 0 Å². The fourth-order valence-corrected chi connectivity index (χ4v) is 3.72. The highest BCUT2D eigenvalue weighted by molar-refractivity contribution is 5.84. The lowest BCUT2D eigenvalue weighted by atomic mass is 10.1. The smallest absolute Gasteiger partial charge is 0.276 e. The van der Waals surface area contributed by atoms with Gasteiger partial charge in [-0.05, 0) is 54.7 Å². The van der Waals surface area contributed by atoms with Crippen LogP contribution in [-0.4, -0.2) is 28.0 Å². The molecule has 150 valence electrons. The van der Waals surface area contributed by atoms with Gasteiger partial charge in [-0.25, -0.2) is 4.98 Å². The molecule has 1 aromatic heterocycles. The molecule has 0 aliphatic heterocycles. The molecule has 0 saturated carbocycles. The number of carbonyl (C=O) groups excluding carboxylic acids is 2. The van der Waals surface area contributed by atoms with E-state index < -0.39 is 5.91 Å². The van der Waals surface area contributed by atoms with Crippen molar-refractivity contribution in [3.63, 3.8) is 0 Å². The van der Waals surface area contributed by atoms with Crippen molar-refractivity contribution in [1.29, 1.82) is 0 Å². The standard InChI is InChI=1S/C22H24N4O3/c1-2-20-23-18-8-3-4-9-19(18)26(20)13-21(27)24-25-22(28)14-29-17-11-10-15-6-5-7-16(15)12-17/h3-4,8-12H,2,5-7,13-14H2,1H3,(H,24,27)(H,25,28). The maximum atomic E-state index is 12.3. The van der Waals surface area contributed by atoms with Crippen molar-refractivity contribution in [2.24, 2.45) is 0 Å². The number of ether oxygens (including phenoxy) is 1. The third-order valence-electron chi connectivity index (χ3n) is 5.13. The molecular weight excluding hydrogens is 368 g/mol. The zero-order chi connectivity index (χ0) is 20.2. The molecular formula is C22H24N4O3. The average Bonchev–Trinajstić information content (AvgIpc) is 3.35. The highest BCUT2D eigenvalue weighted by Crippen LogP contribution is 2.25. The van der Waals surface area contributed by atoms with Gasteiger partial charge >= 0.3 is 0 Å². The van der Waals surface area contributed by atoms with Gasteiger partial charge in [0.05, 0.1) is 11.0 Å². The molecule has 0 radical (unpaired) electrons. The van der Waals surface area contributed by atoms with Gasteiger partial charge in [0, 0.05) is 6.42 Å². The predicted molar refractivity (Wildman–Crippen MR) is 109 cm³/mol. The Morgan fingerprint density at radius 3 is 2.72 bits per heavy atom. The maximum absolute atomic E-state index is 12.3. The van der Waals surface area contributed by atoms with Crippen molar-refractivity contribution in [3.05, 3.63) is 59.4 Å². The third-order valence-corrected chi connectivity index (χ3v) is 5.13. The number of amides is 2. The first-order valence-electron chi connectivity index (χ1n) is 9.90. The summed E-state index contributed by atoms with van der Waals surface area (Å²) in [6.07, 6.45) is 4.03. The number of rotatable bonds is 6. The number of hydrogen-bond donors (Lipinski definition) is 2. The Bertz CT molecular complexity index is 1060. The molecule has 1 aliphatic rings. The van der Waals surface area contributed by atoms with Gasteiger partial charge in [-0.3, -0.25) is 20.4 Å². The quantitative estimate of drug-likeness (QED) is 0.631. The SMILES string of the molecule is CCc1nc2ccccc2n1CC(=O)NNC(=O)COc1ccc2c(c1)CCC2. The Kier molecular flexibility index (Phi) is 5.46. The molecule has 0 fully saturated rings. The average molecular weight is 392 g/mol. The van der Waals surface area contributed by atoms with Gasteiger partial charge in [-0.2, -0.15) is 0 Å². The van der Waals surface area contributed by atoms with Crippen LogP contribution in [0.3, 0.4) is 0 Å². The van der Waals surface area contributed by atoms with Gasteiger partial charge in [-0.15, -0.1) is 0 Å². The fraction of sp³-hybridized carbons (Fsp3) is 0.318. The van der Waals surface area contributed by atoms with Crippen LogP contribution in [0.15, 0.2) is 42.5 Å². The van der Waals surface area contributed by atoms with E-state index in [4.69, 9.17) is 4.74 Å². The van der Waals surface area contributed by atoms with Crippen molar-refractivity contribution in [3.8, 4) is 5.75 Å².